The highest BCUT2D eigenvalue weighted by Gasteiger charge is 2.30. The third-order valence-electron chi connectivity index (χ3n) is 4.21. The zero-order chi connectivity index (χ0) is 16.9. The van der Waals surface area contributed by atoms with Crippen LogP contribution in [-0.4, -0.2) is 29.8 Å². The number of rotatable bonds is 5. The molecule has 0 radical (unpaired) electrons. The van der Waals surface area contributed by atoms with Crippen LogP contribution >= 0.6 is 24.0 Å². The first-order chi connectivity index (χ1) is 10.9. The van der Waals surface area contributed by atoms with E-state index in [-0.39, 0.29) is 30.0 Å². The average molecular weight is 453 g/mol. The van der Waals surface area contributed by atoms with Crippen molar-refractivity contribution in [2.24, 2.45) is 4.99 Å². The monoisotopic (exact) mass is 453 g/mol. The van der Waals surface area contributed by atoms with Crippen molar-refractivity contribution in [1.82, 2.24) is 10.6 Å². The van der Waals surface area contributed by atoms with Crippen molar-refractivity contribution in [3.05, 3.63) is 35.4 Å². The van der Waals surface area contributed by atoms with Crippen LogP contribution in [0.1, 0.15) is 51.1 Å². The highest BCUT2D eigenvalue weighted by Crippen LogP contribution is 2.29. The van der Waals surface area contributed by atoms with Crippen molar-refractivity contribution in [2.45, 2.75) is 51.2 Å². The van der Waals surface area contributed by atoms with Crippen LogP contribution in [0.3, 0.4) is 0 Å². The van der Waals surface area contributed by atoms with Crippen LogP contribution in [0.25, 0.3) is 0 Å². The lowest BCUT2D eigenvalue weighted by Crippen LogP contribution is -2.40. The fraction of sp³-hybridized carbons (Fsp3) is 0.588. The highest BCUT2D eigenvalue weighted by molar-refractivity contribution is 14.0. The van der Waals surface area contributed by atoms with Crippen LogP contribution in [-0.2, 0) is 0 Å². The van der Waals surface area contributed by atoms with E-state index < -0.39 is 17.2 Å². The van der Waals surface area contributed by atoms with Gasteiger partial charge in [0, 0.05) is 6.54 Å². The molecule has 1 saturated carbocycles. The molecule has 0 aliphatic heterocycles. The number of benzene rings is 1. The number of guanidine groups is 1. The standard InChI is InChI=1S/C17H25F2N3O.HI/c1-3-20-16(21-11-17(23)8-4-5-9-17)22-12(2)13-6-7-14(18)15(19)10-13;/h6-7,10,12,23H,3-5,8-9,11H2,1-2H3,(H2,20,21,22);1H. The fourth-order valence-electron chi connectivity index (χ4n) is 2.81. The molecule has 136 valence electrons. The minimum atomic E-state index is -0.863. The smallest absolute Gasteiger partial charge is 0.191 e. The van der Waals surface area contributed by atoms with Crippen LogP contribution in [0.15, 0.2) is 23.2 Å². The normalized spacial score (nSPS) is 18.0. The molecular formula is C17H26F2IN3O. The van der Waals surface area contributed by atoms with E-state index in [1.807, 2.05) is 13.8 Å². The topological polar surface area (TPSA) is 56.7 Å². The summed E-state index contributed by atoms with van der Waals surface area (Å²) >= 11 is 0. The van der Waals surface area contributed by atoms with Crippen molar-refractivity contribution < 1.29 is 13.9 Å². The Labute approximate surface area is 159 Å². The van der Waals surface area contributed by atoms with Gasteiger partial charge in [-0.15, -0.1) is 24.0 Å². The van der Waals surface area contributed by atoms with E-state index in [4.69, 9.17) is 0 Å². The molecular weight excluding hydrogens is 427 g/mol. The quantitative estimate of drug-likeness (QED) is 0.364. The summed E-state index contributed by atoms with van der Waals surface area (Å²) in [6.07, 6.45) is 3.60. The molecule has 0 aromatic heterocycles. The number of aliphatic imine (C=N–C) groups is 1. The van der Waals surface area contributed by atoms with Gasteiger partial charge in [0.05, 0.1) is 18.2 Å². The second kappa shape index (κ2) is 9.50. The Kier molecular flexibility index (Phi) is 8.35. The van der Waals surface area contributed by atoms with Crippen molar-refractivity contribution in [3.63, 3.8) is 0 Å². The fourth-order valence-corrected chi connectivity index (χ4v) is 2.81. The number of nitrogens with one attached hydrogen (secondary N) is 2. The minimum absolute atomic E-state index is 0. The molecule has 3 N–H and O–H groups in total. The summed E-state index contributed by atoms with van der Waals surface area (Å²) in [7, 11) is 0. The predicted octanol–water partition coefficient (Wildman–Crippen LogP) is 3.50. The molecule has 1 aliphatic rings. The number of nitrogens with zero attached hydrogens (tertiary/aromatic N) is 1. The zero-order valence-corrected chi connectivity index (χ0v) is 16.4. The number of hydrogen-bond donors (Lipinski definition) is 3. The lowest BCUT2D eigenvalue weighted by atomic mass is 10.0. The van der Waals surface area contributed by atoms with E-state index in [0.717, 1.165) is 31.7 Å². The second-order valence-corrected chi connectivity index (χ2v) is 6.17. The van der Waals surface area contributed by atoms with Crippen molar-refractivity contribution in [1.29, 1.82) is 0 Å². The first-order valence-corrected chi connectivity index (χ1v) is 8.16. The minimum Gasteiger partial charge on any atom is -0.388 e. The summed E-state index contributed by atoms with van der Waals surface area (Å²) in [5, 5.41) is 16.6. The summed E-state index contributed by atoms with van der Waals surface area (Å²) < 4.78 is 26.4. The molecule has 1 unspecified atom stereocenters. The summed E-state index contributed by atoms with van der Waals surface area (Å²) in [4.78, 5) is 4.45. The predicted molar refractivity (Wildman–Crippen MR) is 103 cm³/mol. The van der Waals surface area contributed by atoms with Crippen molar-refractivity contribution in [3.8, 4) is 0 Å². The summed E-state index contributed by atoms with van der Waals surface area (Å²) in [5.74, 6) is -1.16. The molecule has 0 spiro atoms. The molecule has 1 fully saturated rings. The zero-order valence-electron chi connectivity index (χ0n) is 14.1. The maximum absolute atomic E-state index is 13.3. The Bertz CT molecular complexity index is 563. The molecule has 4 nitrogen and oxygen atoms in total. The molecule has 0 amide bonds. The van der Waals surface area contributed by atoms with Gasteiger partial charge in [0.2, 0.25) is 0 Å². The van der Waals surface area contributed by atoms with E-state index >= 15 is 0 Å². The average Bonchev–Trinajstić information content (AvgIpc) is 2.95. The van der Waals surface area contributed by atoms with E-state index in [1.165, 1.54) is 6.07 Å². The molecule has 1 aromatic rings. The Morgan fingerprint density at radius 3 is 2.54 bits per heavy atom. The maximum atomic E-state index is 13.3. The molecule has 2 rings (SSSR count). The van der Waals surface area contributed by atoms with Crippen LogP contribution in [0.4, 0.5) is 8.78 Å². The van der Waals surface area contributed by atoms with Gasteiger partial charge in [-0.05, 0) is 44.4 Å². The van der Waals surface area contributed by atoms with Gasteiger partial charge in [-0.2, -0.15) is 0 Å². The van der Waals surface area contributed by atoms with Gasteiger partial charge in [0.15, 0.2) is 17.6 Å². The van der Waals surface area contributed by atoms with Crippen LogP contribution in [0.5, 0.6) is 0 Å². The molecule has 1 aromatic carbocycles. The van der Waals surface area contributed by atoms with Gasteiger partial charge in [-0.25, -0.2) is 8.78 Å². The Balaban J connectivity index is 0.00000288. The summed E-state index contributed by atoms with van der Waals surface area (Å²) in [5.41, 5.74) is -0.0813. The van der Waals surface area contributed by atoms with Crippen LogP contribution < -0.4 is 10.6 Å². The number of hydrogen-bond acceptors (Lipinski definition) is 2. The van der Waals surface area contributed by atoms with Gasteiger partial charge in [-0.3, -0.25) is 4.99 Å². The van der Waals surface area contributed by atoms with Crippen molar-refractivity contribution >= 4 is 29.9 Å². The van der Waals surface area contributed by atoms with Gasteiger partial charge >= 0.3 is 0 Å². The second-order valence-electron chi connectivity index (χ2n) is 6.17. The Morgan fingerprint density at radius 2 is 1.96 bits per heavy atom. The van der Waals surface area contributed by atoms with Crippen LogP contribution in [0, 0.1) is 11.6 Å². The van der Waals surface area contributed by atoms with Crippen molar-refractivity contribution in [2.75, 3.05) is 13.1 Å². The summed E-state index contributed by atoms with van der Waals surface area (Å²) in [6.45, 7) is 4.81. The molecule has 7 heteroatoms. The van der Waals surface area contributed by atoms with Gasteiger partial charge in [-0.1, -0.05) is 18.9 Å². The third kappa shape index (κ3) is 5.84. The lowest BCUT2D eigenvalue weighted by Gasteiger charge is -2.22. The molecule has 1 aliphatic carbocycles. The number of aliphatic hydroxyl groups is 1. The Morgan fingerprint density at radius 1 is 1.29 bits per heavy atom. The molecule has 0 bridgehead atoms. The first kappa shape index (κ1) is 21.1. The van der Waals surface area contributed by atoms with E-state index in [0.29, 0.717) is 24.6 Å². The highest BCUT2D eigenvalue weighted by atomic mass is 127. The lowest BCUT2D eigenvalue weighted by molar-refractivity contribution is 0.0574. The maximum Gasteiger partial charge on any atom is 0.191 e. The molecule has 0 saturated heterocycles. The van der Waals surface area contributed by atoms with Gasteiger partial charge in [0.25, 0.3) is 0 Å². The molecule has 24 heavy (non-hydrogen) atoms. The molecule has 0 heterocycles. The largest absolute Gasteiger partial charge is 0.388 e. The molecule has 1 atom stereocenters. The number of halogens is 3. The van der Waals surface area contributed by atoms with Gasteiger partial charge < -0.3 is 15.7 Å². The van der Waals surface area contributed by atoms with E-state index in [9.17, 15) is 13.9 Å². The summed E-state index contributed by atoms with van der Waals surface area (Å²) in [6, 6.07) is 3.61. The van der Waals surface area contributed by atoms with E-state index in [1.54, 1.807) is 6.07 Å². The van der Waals surface area contributed by atoms with Gasteiger partial charge in [0.1, 0.15) is 0 Å². The SMILES string of the molecule is CCNC(=NCC1(O)CCCC1)NC(C)c1ccc(F)c(F)c1.I. The first-order valence-electron chi connectivity index (χ1n) is 8.16. The van der Waals surface area contributed by atoms with E-state index in [2.05, 4.69) is 15.6 Å². The third-order valence-corrected chi connectivity index (χ3v) is 4.21. The van der Waals surface area contributed by atoms with Crippen LogP contribution in [0.2, 0.25) is 0 Å². The Hall–Kier alpha value is -0.960.